The maximum atomic E-state index is 12.4. The van der Waals surface area contributed by atoms with Crippen molar-refractivity contribution in [1.82, 2.24) is 4.90 Å². The number of rotatable bonds is 5. The number of nitro groups is 1. The Morgan fingerprint density at radius 3 is 2.42 bits per heavy atom. The zero-order valence-corrected chi connectivity index (χ0v) is 14.0. The predicted octanol–water partition coefficient (Wildman–Crippen LogP) is 1.49. The predicted molar refractivity (Wildman–Crippen MR) is 90.4 cm³/mol. The molecule has 0 aromatic heterocycles. The van der Waals surface area contributed by atoms with E-state index >= 15 is 0 Å². The van der Waals surface area contributed by atoms with Crippen molar-refractivity contribution in [3.05, 3.63) is 40.5 Å². The molecular formula is C17H17N3O6. The second kappa shape index (κ2) is 6.95. The molecule has 1 aliphatic carbocycles. The first-order valence-corrected chi connectivity index (χ1v) is 8.05. The van der Waals surface area contributed by atoms with Crippen LogP contribution in [0.25, 0.3) is 0 Å². The van der Waals surface area contributed by atoms with E-state index in [1.807, 2.05) is 12.2 Å². The van der Waals surface area contributed by atoms with E-state index in [9.17, 15) is 24.5 Å². The van der Waals surface area contributed by atoms with Crippen LogP contribution >= 0.6 is 0 Å². The van der Waals surface area contributed by atoms with E-state index in [0.29, 0.717) is 12.8 Å². The SMILES string of the molecule is COc1ccc(NC(=O)CN2C(=O)[C@H]3CC=CC[C@@H]3C2=O)c([N+](=O)[O-])c1. The van der Waals surface area contributed by atoms with Crippen LogP contribution in [0.1, 0.15) is 12.8 Å². The molecule has 3 amide bonds. The molecule has 1 saturated heterocycles. The number of ether oxygens (including phenoxy) is 1. The molecule has 26 heavy (non-hydrogen) atoms. The molecule has 2 aliphatic rings. The van der Waals surface area contributed by atoms with Crippen LogP contribution in [0.5, 0.6) is 5.75 Å². The molecule has 0 spiro atoms. The van der Waals surface area contributed by atoms with Crippen molar-refractivity contribution in [2.45, 2.75) is 12.8 Å². The van der Waals surface area contributed by atoms with Gasteiger partial charge < -0.3 is 10.1 Å². The number of likely N-dealkylation sites (tertiary alicyclic amines) is 1. The number of nitrogens with one attached hydrogen (secondary N) is 1. The van der Waals surface area contributed by atoms with Crippen molar-refractivity contribution in [1.29, 1.82) is 0 Å². The maximum Gasteiger partial charge on any atom is 0.296 e. The van der Waals surface area contributed by atoms with E-state index in [1.165, 1.54) is 25.3 Å². The summed E-state index contributed by atoms with van der Waals surface area (Å²) in [4.78, 5) is 48.4. The second-order valence-corrected chi connectivity index (χ2v) is 6.11. The van der Waals surface area contributed by atoms with Gasteiger partial charge in [-0.05, 0) is 25.0 Å². The average molecular weight is 359 g/mol. The molecular weight excluding hydrogens is 342 g/mol. The van der Waals surface area contributed by atoms with Crippen molar-refractivity contribution < 1.29 is 24.0 Å². The van der Waals surface area contributed by atoms with E-state index in [-0.39, 0.29) is 28.9 Å². The van der Waals surface area contributed by atoms with Crippen LogP contribution in [0.2, 0.25) is 0 Å². The number of benzene rings is 1. The summed E-state index contributed by atoms with van der Waals surface area (Å²) < 4.78 is 4.93. The summed E-state index contributed by atoms with van der Waals surface area (Å²) in [5.41, 5.74) is -0.367. The molecule has 0 radical (unpaired) electrons. The Labute approximate surface area is 148 Å². The number of nitrogens with zero attached hydrogens (tertiary/aromatic N) is 2. The Hall–Kier alpha value is -3.23. The van der Waals surface area contributed by atoms with Gasteiger partial charge in [-0.25, -0.2) is 0 Å². The molecule has 1 fully saturated rings. The summed E-state index contributed by atoms with van der Waals surface area (Å²) in [6, 6.07) is 3.99. The van der Waals surface area contributed by atoms with Gasteiger partial charge in [0.15, 0.2) is 0 Å². The quantitative estimate of drug-likeness (QED) is 0.368. The van der Waals surface area contributed by atoms with Gasteiger partial charge in [0.1, 0.15) is 18.0 Å². The van der Waals surface area contributed by atoms with Gasteiger partial charge in [-0.1, -0.05) is 12.2 Å². The summed E-state index contributed by atoms with van der Waals surface area (Å²) in [6.45, 7) is -0.464. The molecule has 0 unspecified atom stereocenters. The molecule has 1 heterocycles. The van der Waals surface area contributed by atoms with Crippen molar-refractivity contribution >= 4 is 29.1 Å². The van der Waals surface area contributed by atoms with E-state index in [0.717, 1.165) is 4.90 Å². The van der Waals surface area contributed by atoms with Crippen LogP contribution in [0.4, 0.5) is 11.4 Å². The minimum atomic E-state index is -0.674. The molecule has 9 heteroatoms. The van der Waals surface area contributed by atoms with Crippen LogP contribution < -0.4 is 10.1 Å². The highest BCUT2D eigenvalue weighted by Gasteiger charge is 2.47. The van der Waals surface area contributed by atoms with Gasteiger partial charge in [-0.2, -0.15) is 0 Å². The molecule has 3 rings (SSSR count). The highest BCUT2D eigenvalue weighted by Crippen LogP contribution is 2.35. The third-order valence-electron chi connectivity index (χ3n) is 4.58. The lowest BCUT2D eigenvalue weighted by Gasteiger charge is -2.14. The molecule has 1 aromatic rings. The summed E-state index contributed by atoms with van der Waals surface area (Å²) in [5, 5.41) is 13.6. The van der Waals surface area contributed by atoms with Crippen LogP contribution in [0.15, 0.2) is 30.4 Å². The van der Waals surface area contributed by atoms with Gasteiger partial charge in [-0.15, -0.1) is 0 Å². The molecule has 136 valence electrons. The third-order valence-corrected chi connectivity index (χ3v) is 4.58. The molecule has 1 aliphatic heterocycles. The normalized spacial score (nSPS) is 21.5. The van der Waals surface area contributed by atoms with Crippen molar-refractivity contribution in [2.24, 2.45) is 11.8 Å². The minimum Gasteiger partial charge on any atom is -0.496 e. The summed E-state index contributed by atoms with van der Waals surface area (Å²) >= 11 is 0. The second-order valence-electron chi connectivity index (χ2n) is 6.11. The smallest absolute Gasteiger partial charge is 0.296 e. The third kappa shape index (κ3) is 3.15. The highest BCUT2D eigenvalue weighted by molar-refractivity contribution is 6.09. The fourth-order valence-corrected chi connectivity index (χ4v) is 3.25. The van der Waals surface area contributed by atoms with E-state index in [4.69, 9.17) is 4.74 Å². The fourth-order valence-electron chi connectivity index (χ4n) is 3.25. The lowest BCUT2D eigenvalue weighted by atomic mass is 9.85. The number of fused-ring (bicyclic) bond motifs is 1. The highest BCUT2D eigenvalue weighted by atomic mass is 16.6. The lowest BCUT2D eigenvalue weighted by Crippen LogP contribution is -2.38. The van der Waals surface area contributed by atoms with Gasteiger partial charge in [0.05, 0.1) is 29.9 Å². The first kappa shape index (κ1) is 17.6. The van der Waals surface area contributed by atoms with Crippen molar-refractivity contribution in [3.8, 4) is 5.75 Å². The molecule has 2 atom stereocenters. The zero-order chi connectivity index (χ0) is 18.8. The Bertz CT molecular complexity index is 793. The fraction of sp³-hybridized carbons (Fsp3) is 0.353. The van der Waals surface area contributed by atoms with Gasteiger partial charge in [0.25, 0.3) is 5.69 Å². The topological polar surface area (TPSA) is 119 Å². The lowest BCUT2D eigenvalue weighted by molar-refractivity contribution is -0.384. The van der Waals surface area contributed by atoms with Crippen molar-refractivity contribution in [3.63, 3.8) is 0 Å². The van der Waals surface area contributed by atoms with Crippen LogP contribution in [0.3, 0.4) is 0 Å². The van der Waals surface area contributed by atoms with Gasteiger partial charge in [0, 0.05) is 0 Å². The van der Waals surface area contributed by atoms with Gasteiger partial charge in [0.2, 0.25) is 17.7 Å². The minimum absolute atomic E-state index is 0.0287. The molecule has 1 N–H and O–H groups in total. The van der Waals surface area contributed by atoms with Crippen LogP contribution in [0, 0.1) is 22.0 Å². The first-order chi connectivity index (χ1) is 12.4. The number of carbonyl (C=O) groups excluding carboxylic acids is 3. The number of methoxy groups -OCH3 is 1. The summed E-state index contributed by atoms with van der Waals surface area (Å²) in [5.74, 6) is -1.98. The first-order valence-electron chi connectivity index (χ1n) is 8.05. The molecule has 9 nitrogen and oxygen atoms in total. The van der Waals surface area contributed by atoms with Crippen LogP contribution in [-0.2, 0) is 14.4 Å². The van der Waals surface area contributed by atoms with Gasteiger partial charge in [-0.3, -0.25) is 29.4 Å². The van der Waals surface area contributed by atoms with E-state index < -0.39 is 29.2 Å². The van der Waals surface area contributed by atoms with Crippen LogP contribution in [-0.4, -0.2) is 41.2 Å². The Kier molecular flexibility index (Phi) is 4.70. The number of allylic oxidation sites excluding steroid dienone is 2. The number of hydrogen-bond donors (Lipinski definition) is 1. The largest absolute Gasteiger partial charge is 0.496 e. The van der Waals surface area contributed by atoms with Gasteiger partial charge >= 0.3 is 0 Å². The van der Waals surface area contributed by atoms with E-state index in [2.05, 4.69) is 5.32 Å². The number of imide groups is 1. The Morgan fingerprint density at radius 2 is 1.88 bits per heavy atom. The number of nitro benzene ring substituents is 1. The molecule has 0 saturated carbocycles. The number of hydrogen-bond acceptors (Lipinski definition) is 6. The summed E-state index contributed by atoms with van der Waals surface area (Å²) in [7, 11) is 1.37. The standard InChI is InChI=1S/C17H17N3O6/c1-26-10-6-7-13(14(8-10)20(24)25)18-15(21)9-19-16(22)11-4-2-3-5-12(11)17(19)23/h2-3,6-8,11-12H,4-5,9H2,1H3,(H,18,21)/t11-,12-/m0/s1. The average Bonchev–Trinajstić information content (AvgIpc) is 2.87. The Balaban J connectivity index is 1.73. The number of anilines is 1. The monoisotopic (exact) mass is 359 g/mol. The van der Waals surface area contributed by atoms with Crippen molar-refractivity contribution in [2.75, 3.05) is 19.0 Å². The summed E-state index contributed by atoms with van der Waals surface area (Å²) in [6.07, 6.45) is 4.68. The Morgan fingerprint density at radius 1 is 1.27 bits per heavy atom. The zero-order valence-electron chi connectivity index (χ0n) is 14.0. The number of amides is 3. The van der Waals surface area contributed by atoms with E-state index in [1.54, 1.807) is 0 Å². The molecule has 0 bridgehead atoms. The molecule has 1 aromatic carbocycles. The number of carbonyl (C=O) groups is 3. The maximum absolute atomic E-state index is 12.4.